The zero-order valence-corrected chi connectivity index (χ0v) is 37.8. The molecule has 58 heavy (non-hydrogen) atoms. The van der Waals surface area contributed by atoms with Crippen LogP contribution in [0.25, 0.3) is 0 Å². The minimum Gasteiger partial charge on any atom is -0.462 e. The van der Waals surface area contributed by atoms with Gasteiger partial charge in [-0.25, -0.2) is 0 Å². The van der Waals surface area contributed by atoms with E-state index in [1.807, 2.05) is 0 Å². The van der Waals surface area contributed by atoms with Crippen LogP contribution in [0.2, 0.25) is 0 Å². The summed E-state index contributed by atoms with van der Waals surface area (Å²) in [6, 6.07) is 0. The van der Waals surface area contributed by atoms with Crippen LogP contribution in [0.5, 0.6) is 0 Å². The molecule has 0 amide bonds. The highest BCUT2D eigenvalue weighted by molar-refractivity contribution is 5.71. The second-order valence-corrected chi connectivity index (χ2v) is 15.6. The molecule has 0 spiro atoms. The maximum atomic E-state index is 12.7. The molecular formula is C52H88O6. The standard InChI is InChI=1S/C52H88O6/c1-4-7-10-13-16-19-22-25-26-28-30-33-36-39-42-45-51(54)57-48-49(47-56-50(53)44-41-38-35-32-29-24-21-18-15-12-9-6-3)58-52(55)46-43-40-37-34-31-27-23-20-17-14-11-8-5-2/h7,10-11,14,16,18-21,23,25-26,49H,4-6,8-9,12-13,15,17,22,24,27-48H2,1-3H3/b10-7-,14-11-,19-16-,21-18-,23-20-,26-25-. The first-order valence-electron chi connectivity index (χ1n) is 23.9. The first-order chi connectivity index (χ1) is 28.5. The molecule has 0 aromatic heterocycles. The van der Waals surface area contributed by atoms with Gasteiger partial charge in [-0.3, -0.25) is 14.4 Å². The molecule has 0 aliphatic rings. The largest absolute Gasteiger partial charge is 0.462 e. The maximum Gasteiger partial charge on any atom is 0.306 e. The molecule has 0 saturated heterocycles. The van der Waals surface area contributed by atoms with E-state index in [2.05, 4.69) is 93.7 Å². The summed E-state index contributed by atoms with van der Waals surface area (Å²) < 4.78 is 16.7. The van der Waals surface area contributed by atoms with Gasteiger partial charge in [-0.15, -0.1) is 0 Å². The fourth-order valence-corrected chi connectivity index (χ4v) is 6.31. The molecule has 0 aliphatic carbocycles. The average Bonchev–Trinajstić information content (AvgIpc) is 3.22. The van der Waals surface area contributed by atoms with Crippen LogP contribution in [-0.2, 0) is 28.6 Å². The van der Waals surface area contributed by atoms with E-state index in [1.54, 1.807) is 0 Å². The Balaban J connectivity index is 4.44. The number of allylic oxidation sites excluding steroid dienone is 12. The molecule has 0 aromatic rings. The topological polar surface area (TPSA) is 78.9 Å². The molecule has 0 N–H and O–H groups in total. The van der Waals surface area contributed by atoms with Crippen LogP contribution < -0.4 is 0 Å². The van der Waals surface area contributed by atoms with Crippen molar-refractivity contribution in [3.63, 3.8) is 0 Å². The number of unbranched alkanes of at least 4 members (excludes halogenated alkanes) is 19. The molecule has 332 valence electrons. The molecule has 0 fully saturated rings. The van der Waals surface area contributed by atoms with E-state index in [9.17, 15) is 14.4 Å². The summed E-state index contributed by atoms with van der Waals surface area (Å²) in [7, 11) is 0. The van der Waals surface area contributed by atoms with Crippen molar-refractivity contribution in [3.05, 3.63) is 72.9 Å². The molecule has 0 aromatic carbocycles. The van der Waals surface area contributed by atoms with Gasteiger partial charge in [-0.2, -0.15) is 0 Å². The van der Waals surface area contributed by atoms with Gasteiger partial charge in [0, 0.05) is 19.3 Å². The molecule has 0 aliphatic heterocycles. The number of hydrogen-bond donors (Lipinski definition) is 0. The Bertz CT molecular complexity index is 1110. The van der Waals surface area contributed by atoms with Gasteiger partial charge in [0.1, 0.15) is 13.2 Å². The van der Waals surface area contributed by atoms with E-state index in [-0.39, 0.29) is 31.1 Å². The van der Waals surface area contributed by atoms with Gasteiger partial charge in [0.15, 0.2) is 6.10 Å². The van der Waals surface area contributed by atoms with E-state index in [4.69, 9.17) is 14.2 Å². The Morgan fingerprint density at radius 3 is 1.14 bits per heavy atom. The Morgan fingerprint density at radius 1 is 0.362 bits per heavy atom. The number of carbonyl (C=O) groups excluding carboxylic acids is 3. The van der Waals surface area contributed by atoms with Crippen molar-refractivity contribution in [2.24, 2.45) is 0 Å². The third kappa shape index (κ3) is 44.0. The van der Waals surface area contributed by atoms with E-state index in [0.29, 0.717) is 19.3 Å². The fraction of sp³-hybridized carbons (Fsp3) is 0.712. The van der Waals surface area contributed by atoms with E-state index in [0.717, 1.165) is 135 Å². The minimum atomic E-state index is -0.791. The SMILES string of the molecule is CC/C=C\C/C=C\C/C=C\CCCCCCCC(=O)OCC(COC(=O)CCCCCCC/C=C\CCCCC)OC(=O)CCCCCCC/C=C\C/C=C\CCC. The number of carbonyl (C=O) groups is 3. The average molecular weight is 809 g/mol. The number of esters is 3. The van der Waals surface area contributed by atoms with Crippen LogP contribution in [0.15, 0.2) is 72.9 Å². The monoisotopic (exact) mass is 809 g/mol. The third-order valence-corrected chi connectivity index (χ3v) is 9.90. The van der Waals surface area contributed by atoms with Crippen molar-refractivity contribution in [2.75, 3.05) is 13.2 Å². The second-order valence-electron chi connectivity index (χ2n) is 15.6. The summed E-state index contributed by atoms with van der Waals surface area (Å²) in [5.74, 6) is -0.936. The molecule has 1 unspecified atom stereocenters. The van der Waals surface area contributed by atoms with E-state index in [1.165, 1.54) is 44.9 Å². The lowest BCUT2D eigenvalue weighted by molar-refractivity contribution is -0.167. The van der Waals surface area contributed by atoms with Crippen molar-refractivity contribution in [3.8, 4) is 0 Å². The lowest BCUT2D eigenvalue weighted by Crippen LogP contribution is -2.30. The van der Waals surface area contributed by atoms with Crippen LogP contribution in [0.1, 0.15) is 220 Å². The zero-order valence-electron chi connectivity index (χ0n) is 37.8. The van der Waals surface area contributed by atoms with Crippen molar-refractivity contribution in [1.29, 1.82) is 0 Å². The normalized spacial score (nSPS) is 12.7. The summed E-state index contributed by atoms with van der Waals surface area (Å²) in [6.07, 6.45) is 57.3. The molecule has 0 heterocycles. The number of hydrogen-bond acceptors (Lipinski definition) is 6. The maximum absolute atomic E-state index is 12.7. The van der Waals surface area contributed by atoms with Gasteiger partial charge in [0.05, 0.1) is 0 Å². The van der Waals surface area contributed by atoms with Crippen molar-refractivity contribution < 1.29 is 28.6 Å². The lowest BCUT2D eigenvalue weighted by atomic mass is 10.1. The van der Waals surface area contributed by atoms with Gasteiger partial charge in [-0.05, 0) is 103 Å². The van der Waals surface area contributed by atoms with Crippen molar-refractivity contribution in [2.45, 2.75) is 226 Å². The van der Waals surface area contributed by atoms with Gasteiger partial charge < -0.3 is 14.2 Å². The quantitative estimate of drug-likeness (QED) is 0.0264. The third-order valence-electron chi connectivity index (χ3n) is 9.90. The van der Waals surface area contributed by atoms with Crippen LogP contribution in [-0.4, -0.2) is 37.2 Å². The van der Waals surface area contributed by atoms with Gasteiger partial charge >= 0.3 is 17.9 Å². The lowest BCUT2D eigenvalue weighted by Gasteiger charge is -2.18. The molecule has 0 saturated carbocycles. The Hall–Kier alpha value is -3.15. The van der Waals surface area contributed by atoms with E-state index >= 15 is 0 Å². The van der Waals surface area contributed by atoms with E-state index < -0.39 is 6.10 Å². The molecule has 6 nitrogen and oxygen atoms in total. The summed E-state index contributed by atoms with van der Waals surface area (Å²) in [5.41, 5.74) is 0. The van der Waals surface area contributed by atoms with Crippen LogP contribution in [0.3, 0.4) is 0 Å². The number of rotatable bonds is 42. The van der Waals surface area contributed by atoms with Crippen LogP contribution in [0.4, 0.5) is 0 Å². The van der Waals surface area contributed by atoms with Crippen LogP contribution >= 0.6 is 0 Å². The summed E-state index contributed by atoms with van der Waals surface area (Å²) in [5, 5.41) is 0. The predicted molar refractivity (Wildman–Crippen MR) is 247 cm³/mol. The smallest absolute Gasteiger partial charge is 0.306 e. The summed E-state index contributed by atoms with van der Waals surface area (Å²) in [4.78, 5) is 37.8. The second kappa shape index (κ2) is 46.5. The highest BCUT2D eigenvalue weighted by Crippen LogP contribution is 2.13. The first kappa shape index (κ1) is 54.9. The van der Waals surface area contributed by atoms with Gasteiger partial charge in [0.25, 0.3) is 0 Å². The summed E-state index contributed by atoms with van der Waals surface area (Å²) in [6.45, 7) is 6.39. The van der Waals surface area contributed by atoms with Crippen molar-refractivity contribution in [1.82, 2.24) is 0 Å². The molecule has 1 atom stereocenters. The Kier molecular flexibility index (Phi) is 44.0. The van der Waals surface area contributed by atoms with Gasteiger partial charge in [-0.1, -0.05) is 171 Å². The molecule has 0 radical (unpaired) electrons. The highest BCUT2D eigenvalue weighted by Gasteiger charge is 2.19. The molecule has 0 bridgehead atoms. The molecule has 0 rings (SSSR count). The zero-order chi connectivity index (χ0) is 42.3. The van der Waals surface area contributed by atoms with Crippen LogP contribution in [0, 0.1) is 0 Å². The fourth-order valence-electron chi connectivity index (χ4n) is 6.31. The minimum absolute atomic E-state index is 0.0919. The molecule has 6 heteroatoms. The van der Waals surface area contributed by atoms with Crippen molar-refractivity contribution >= 4 is 17.9 Å². The first-order valence-corrected chi connectivity index (χ1v) is 23.9. The Labute approximate surface area is 357 Å². The number of ether oxygens (including phenoxy) is 3. The predicted octanol–water partition coefficient (Wildman–Crippen LogP) is 15.5. The molecular weight excluding hydrogens is 721 g/mol. The van der Waals surface area contributed by atoms with Gasteiger partial charge in [0.2, 0.25) is 0 Å². The highest BCUT2D eigenvalue weighted by atomic mass is 16.6. The Morgan fingerprint density at radius 2 is 0.707 bits per heavy atom. The summed E-state index contributed by atoms with van der Waals surface area (Å²) >= 11 is 0.